The molecule has 0 saturated carbocycles. The quantitative estimate of drug-likeness (QED) is 0.265. The number of pyridine rings is 1. The maximum Gasteiger partial charge on any atom is 1.00 e. The summed E-state index contributed by atoms with van der Waals surface area (Å²) in [5.74, 6) is -5.01. The number of amides is 1. The molecule has 1 atom stereocenters. The van der Waals surface area contributed by atoms with Crippen molar-refractivity contribution >= 4 is 33.8 Å². The Bertz CT molecular complexity index is 1020. The van der Waals surface area contributed by atoms with E-state index in [1.54, 1.807) is 18.2 Å². The fourth-order valence-electron chi connectivity index (χ4n) is 2.79. The van der Waals surface area contributed by atoms with Crippen LogP contribution in [-0.4, -0.2) is 47.3 Å². The summed E-state index contributed by atoms with van der Waals surface area (Å²) >= 11 is 0. The Morgan fingerprint density at radius 1 is 1.21 bits per heavy atom. The Hall–Kier alpha value is -1.27. The van der Waals surface area contributed by atoms with Crippen LogP contribution in [0, 0.1) is 0 Å². The minimum Gasteiger partial charge on any atom is -0.545 e. The average molecular weight is 420 g/mol. The second kappa shape index (κ2) is 9.49. The van der Waals surface area contributed by atoms with Gasteiger partial charge in [-0.25, -0.2) is 8.42 Å². The molecule has 3 heterocycles. The smallest absolute Gasteiger partial charge is 0.545 e. The van der Waals surface area contributed by atoms with Crippen molar-refractivity contribution in [1.82, 2.24) is 9.88 Å². The summed E-state index contributed by atoms with van der Waals surface area (Å²) in [6, 6.07) is 4.84. The van der Waals surface area contributed by atoms with Gasteiger partial charge < -0.3 is 19.8 Å². The van der Waals surface area contributed by atoms with Crippen molar-refractivity contribution < 1.29 is 92.1 Å². The molecule has 134 valence electrons. The van der Waals surface area contributed by atoms with Crippen molar-refractivity contribution in [2.75, 3.05) is 5.75 Å². The first-order chi connectivity index (χ1) is 12.2. The molecule has 1 amide bonds. The first-order valence-electron chi connectivity index (χ1n) is 7.23. The van der Waals surface area contributed by atoms with E-state index in [2.05, 4.69) is 4.98 Å². The van der Waals surface area contributed by atoms with Crippen molar-refractivity contribution in [3.63, 3.8) is 0 Å². The molecule has 9 nitrogen and oxygen atoms in total. The first-order valence-corrected chi connectivity index (χ1v) is 8.95. The van der Waals surface area contributed by atoms with Crippen LogP contribution >= 0.6 is 0 Å². The molecule has 0 aliphatic carbocycles. The minimum atomic E-state index is -3.99. The van der Waals surface area contributed by atoms with E-state index in [0.717, 1.165) is 6.08 Å². The summed E-state index contributed by atoms with van der Waals surface area (Å²) in [4.78, 5) is 38.9. The van der Waals surface area contributed by atoms with Crippen molar-refractivity contribution in [3.8, 4) is 0 Å². The number of sulfone groups is 1. The Morgan fingerprint density at radius 3 is 2.43 bits per heavy atom. The molecular formula is C16H10N2Na2O7S. The van der Waals surface area contributed by atoms with E-state index in [-0.39, 0.29) is 70.3 Å². The third-order valence-corrected chi connectivity index (χ3v) is 5.67. The summed E-state index contributed by atoms with van der Waals surface area (Å²) in [6.45, 7) is 0. The fourth-order valence-corrected chi connectivity index (χ4v) is 4.70. The normalized spacial score (nSPS) is 21.4. The Labute approximate surface area is 204 Å². The summed E-state index contributed by atoms with van der Waals surface area (Å²) in [7, 11) is -3.99. The number of allylic oxidation sites excluding steroid dienone is 1. The number of carboxylic acid groups (broad SMARTS) is 2. The van der Waals surface area contributed by atoms with E-state index >= 15 is 0 Å². The molecule has 1 saturated heterocycles. The Kier molecular flexibility index (Phi) is 8.39. The van der Waals surface area contributed by atoms with Crippen LogP contribution in [0.2, 0.25) is 0 Å². The first kappa shape index (κ1) is 24.8. The Balaban J connectivity index is 0.00000196. The zero-order chi connectivity index (χ0) is 19.1. The van der Waals surface area contributed by atoms with Crippen LogP contribution in [0.4, 0.5) is 0 Å². The van der Waals surface area contributed by atoms with E-state index in [1.165, 1.54) is 12.3 Å². The molecular weight excluding hydrogens is 410 g/mol. The van der Waals surface area contributed by atoms with E-state index in [0.29, 0.717) is 16.7 Å². The maximum absolute atomic E-state index is 12.5. The second-order valence-electron chi connectivity index (χ2n) is 5.50. The van der Waals surface area contributed by atoms with Gasteiger partial charge in [0.15, 0.2) is 15.2 Å². The molecule has 0 bridgehead atoms. The molecule has 1 fully saturated rings. The second-order valence-corrected chi connectivity index (χ2v) is 7.56. The maximum atomic E-state index is 12.5. The number of aliphatic carboxylic acids is 2. The van der Waals surface area contributed by atoms with Crippen LogP contribution in [0.25, 0.3) is 6.08 Å². The number of carboxylic acids is 2. The number of hydrogen-bond donors (Lipinski definition) is 0. The van der Waals surface area contributed by atoms with Crippen molar-refractivity contribution in [2.45, 2.75) is 5.37 Å². The van der Waals surface area contributed by atoms with Crippen LogP contribution in [0.3, 0.4) is 0 Å². The molecule has 0 aromatic carbocycles. The zero-order valence-corrected chi connectivity index (χ0v) is 19.8. The van der Waals surface area contributed by atoms with Gasteiger partial charge >= 0.3 is 59.1 Å². The number of hydrogen-bond acceptors (Lipinski definition) is 8. The van der Waals surface area contributed by atoms with Gasteiger partial charge in [-0.2, -0.15) is 0 Å². The van der Waals surface area contributed by atoms with Crippen LogP contribution in [-0.2, 0) is 24.2 Å². The average Bonchev–Trinajstić information content (AvgIpc) is 2.57. The summed E-state index contributed by atoms with van der Waals surface area (Å²) in [5.41, 5.74) is -0.820. The predicted molar refractivity (Wildman–Crippen MR) is 82.8 cm³/mol. The van der Waals surface area contributed by atoms with Gasteiger partial charge in [0.1, 0.15) is 0 Å². The molecule has 0 N–H and O–H groups in total. The predicted octanol–water partition coefficient (Wildman–Crippen LogP) is -8.62. The van der Waals surface area contributed by atoms with Crippen molar-refractivity contribution in [1.29, 1.82) is 0 Å². The fraction of sp³-hybridized carbons (Fsp3) is 0.125. The van der Waals surface area contributed by atoms with Gasteiger partial charge in [-0.05, 0) is 29.9 Å². The van der Waals surface area contributed by atoms with Gasteiger partial charge in [-0.3, -0.25) is 14.7 Å². The number of nitrogens with zero attached hydrogens (tertiary/aromatic N) is 2. The summed E-state index contributed by atoms with van der Waals surface area (Å²) in [5, 5.41) is 20.5. The molecule has 1 aromatic rings. The molecule has 1 unspecified atom stereocenters. The summed E-state index contributed by atoms with van der Waals surface area (Å²) < 4.78 is 25.0. The SMILES string of the molecule is O=C([O-])/C=C/C1=C(C(=O)[O-])N2C(=O)/C(=C/c3ccccn3)C2S(=O)(=O)C1.[Na+].[Na+]. The van der Waals surface area contributed by atoms with Crippen LogP contribution in [0.15, 0.2) is 53.4 Å². The number of carbonyl (C=O) groups excluding carboxylic acids is 3. The van der Waals surface area contributed by atoms with E-state index in [9.17, 15) is 33.0 Å². The molecule has 1 aromatic heterocycles. The minimum absolute atomic E-state index is 0. The molecule has 0 radical (unpaired) electrons. The Morgan fingerprint density at radius 2 is 1.89 bits per heavy atom. The monoisotopic (exact) mass is 420 g/mol. The standard InChI is InChI=1S/C16H12N2O7S.2Na/c19-12(20)5-4-9-8-26(24,25)15-11(7-10-3-1-2-6-17-10)14(21)18(15)13(9)16(22)23;;/h1-7,15H,8H2,(H,19,20)(H,22,23);;/q;2*+1/p-2/b5-4+,11-7-;;. The van der Waals surface area contributed by atoms with Crippen LogP contribution in [0.1, 0.15) is 5.69 Å². The molecule has 0 spiro atoms. The van der Waals surface area contributed by atoms with Crippen LogP contribution < -0.4 is 69.3 Å². The number of carbonyl (C=O) groups is 3. The number of fused-ring (bicyclic) bond motifs is 1. The molecule has 3 rings (SSSR count). The van der Waals surface area contributed by atoms with Gasteiger partial charge in [0.05, 0.1) is 34.7 Å². The van der Waals surface area contributed by atoms with E-state index < -0.39 is 44.5 Å². The third kappa shape index (κ3) is 4.65. The van der Waals surface area contributed by atoms with E-state index in [4.69, 9.17) is 0 Å². The van der Waals surface area contributed by atoms with Gasteiger partial charge in [0.25, 0.3) is 5.91 Å². The molecule has 2 aliphatic heterocycles. The summed E-state index contributed by atoms with van der Waals surface area (Å²) in [6.07, 6.45) is 4.00. The van der Waals surface area contributed by atoms with Gasteiger partial charge in [-0.1, -0.05) is 12.1 Å². The van der Waals surface area contributed by atoms with Crippen LogP contribution in [0.5, 0.6) is 0 Å². The van der Waals surface area contributed by atoms with Crippen molar-refractivity contribution in [3.05, 3.63) is 59.1 Å². The van der Waals surface area contributed by atoms with Gasteiger partial charge in [0.2, 0.25) is 0 Å². The largest absolute Gasteiger partial charge is 1.00 e. The number of rotatable bonds is 4. The van der Waals surface area contributed by atoms with E-state index in [1.807, 2.05) is 0 Å². The topological polar surface area (TPSA) is 148 Å². The number of aromatic nitrogens is 1. The number of β-lactam (4-membered cyclic amide) rings is 1. The molecule has 28 heavy (non-hydrogen) atoms. The zero-order valence-electron chi connectivity index (χ0n) is 15.0. The van der Waals surface area contributed by atoms with Crippen molar-refractivity contribution in [2.24, 2.45) is 0 Å². The molecule has 12 heteroatoms. The van der Waals surface area contributed by atoms with Gasteiger partial charge in [0, 0.05) is 6.20 Å². The van der Waals surface area contributed by atoms with Gasteiger partial charge in [-0.15, -0.1) is 0 Å². The third-order valence-electron chi connectivity index (χ3n) is 3.81. The molecule has 2 aliphatic rings.